The van der Waals surface area contributed by atoms with Gasteiger partial charge in [-0.1, -0.05) is 43.0 Å². The van der Waals surface area contributed by atoms with E-state index in [0.29, 0.717) is 0 Å². The predicted molar refractivity (Wildman–Crippen MR) is 127 cm³/mol. The highest BCUT2D eigenvalue weighted by Gasteiger charge is 2.50. The van der Waals surface area contributed by atoms with Crippen molar-refractivity contribution in [3.05, 3.63) is 65.8 Å². The van der Waals surface area contributed by atoms with Crippen LogP contribution in [-0.2, 0) is 19.8 Å². The topological polar surface area (TPSA) is 90.0 Å². The molecule has 2 N–H and O–H groups in total. The maximum atomic E-state index is 13.7. The molecule has 0 aromatic heterocycles. The number of anilines is 1. The molecule has 0 spiro atoms. The van der Waals surface area contributed by atoms with Crippen LogP contribution in [0.25, 0.3) is 0 Å². The van der Waals surface area contributed by atoms with E-state index in [4.69, 9.17) is 0 Å². The number of hydrogen-bond donors (Lipinski definition) is 2. The smallest absolute Gasteiger partial charge is 0.261 e. The van der Waals surface area contributed by atoms with Crippen LogP contribution >= 0.6 is 0 Å². The summed E-state index contributed by atoms with van der Waals surface area (Å²) in [6.07, 6.45) is 5.45. The summed E-state index contributed by atoms with van der Waals surface area (Å²) in [4.78, 5) is 42.2. The minimum Gasteiger partial charge on any atom is -0.391 e. The maximum Gasteiger partial charge on any atom is 0.261 e. The van der Waals surface area contributed by atoms with E-state index < -0.39 is 23.3 Å². The Morgan fingerprint density at radius 1 is 1.18 bits per heavy atom. The average molecular weight is 450 g/mol. The fourth-order valence-electron chi connectivity index (χ4n) is 5.32. The second kappa shape index (κ2) is 9.08. The summed E-state index contributed by atoms with van der Waals surface area (Å²) in [6, 6.07) is 7.84. The van der Waals surface area contributed by atoms with Crippen molar-refractivity contribution in [2.75, 3.05) is 24.5 Å². The standard InChI is InChI=1S/C26H31N3O4/c1-4-8-20-19(5-2)23(31)28(24(20)32)16-18(30)15-26(3)21-9-6-7-10-22(21)29(25(26)33)17-11-13-27-14-12-17/h4-10,17-18,27,30H,2,11-16H2,1,3H3/b8-4-. The molecule has 3 aliphatic heterocycles. The molecule has 1 fully saturated rings. The van der Waals surface area contributed by atoms with Gasteiger partial charge in [0.15, 0.2) is 0 Å². The highest BCUT2D eigenvalue weighted by molar-refractivity contribution is 6.22. The highest BCUT2D eigenvalue weighted by atomic mass is 16.3. The first-order valence-electron chi connectivity index (χ1n) is 11.5. The van der Waals surface area contributed by atoms with Crippen LogP contribution in [0.2, 0.25) is 0 Å². The number of fused-ring (bicyclic) bond motifs is 1. The molecule has 2 atom stereocenters. The number of nitrogens with one attached hydrogen (secondary N) is 1. The second-order valence-corrected chi connectivity index (χ2v) is 9.12. The van der Waals surface area contributed by atoms with Crippen molar-refractivity contribution < 1.29 is 19.5 Å². The number of aliphatic hydroxyl groups excluding tert-OH is 1. The van der Waals surface area contributed by atoms with E-state index in [2.05, 4.69) is 11.9 Å². The zero-order chi connectivity index (χ0) is 23.8. The van der Waals surface area contributed by atoms with Crippen LogP contribution in [0.15, 0.2) is 60.2 Å². The Labute approximate surface area is 194 Å². The molecule has 1 saturated heterocycles. The Kier molecular flexibility index (Phi) is 6.36. The van der Waals surface area contributed by atoms with Crippen molar-refractivity contribution in [1.29, 1.82) is 0 Å². The number of carbonyl (C=O) groups excluding carboxylic acids is 3. The molecule has 3 heterocycles. The largest absolute Gasteiger partial charge is 0.391 e. The van der Waals surface area contributed by atoms with Crippen LogP contribution in [0.1, 0.15) is 38.7 Å². The van der Waals surface area contributed by atoms with Crippen LogP contribution in [0.5, 0.6) is 0 Å². The van der Waals surface area contributed by atoms with E-state index in [1.807, 2.05) is 36.1 Å². The number of nitrogens with zero attached hydrogens (tertiary/aromatic N) is 2. The van der Waals surface area contributed by atoms with Gasteiger partial charge in [0.1, 0.15) is 0 Å². The van der Waals surface area contributed by atoms with Crippen LogP contribution in [0.4, 0.5) is 5.69 Å². The van der Waals surface area contributed by atoms with Crippen LogP contribution < -0.4 is 10.2 Å². The van der Waals surface area contributed by atoms with E-state index in [1.165, 1.54) is 6.08 Å². The van der Waals surface area contributed by atoms with E-state index in [1.54, 1.807) is 19.1 Å². The normalized spacial score (nSPS) is 24.9. The number of β-amino-alcohol motifs (C(OH)–C–C–N with tert-alkyl or cyclic N) is 1. The van der Waals surface area contributed by atoms with E-state index in [0.717, 1.165) is 42.1 Å². The number of piperidine rings is 1. The molecule has 174 valence electrons. The highest BCUT2D eigenvalue weighted by Crippen LogP contribution is 2.46. The molecule has 1 aromatic rings. The van der Waals surface area contributed by atoms with Crippen LogP contribution in [-0.4, -0.2) is 59.5 Å². The summed E-state index contributed by atoms with van der Waals surface area (Å²) in [7, 11) is 0. The molecular formula is C26H31N3O4. The molecule has 0 bridgehead atoms. The van der Waals surface area contributed by atoms with E-state index >= 15 is 0 Å². The summed E-state index contributed by atoms with van der Waals surface area (Å²) in [6.45, 7) is 8.82. The first-order valence-corrected chi connectivity index (χ1v) is 11.5. The number of para-hydroxylation sites is 1. The third kappa shape index (κ3) is 3.85. The Morgan fingerprint density at radius 2 is 1.85 bits per heavy atom. The summed E-state index contributed by atoms with van der Waals surface area (Å²) in [5, 5.41) is 14.3. The van der Waals surface area contributed by atoms with Crippen molar-refractivity contribution in [2.45, 2.75) is 50.7 Å². The van der Waals surface area contributed by atoms with Gasteiger partial charge in [-0.15, -0.1) is 0 Å². The fourth-order valence-corrected chi connectivity index (χ4v) is 5.32. The number of carbonyl (C=O) groups is 3. The summed E-state index contributed by atoms with van der Waals surface area (Å²) in [5.74, 6) is -0.957. The van der Waals surface area contributed by atoms with Crippen molar-refractivity contribution in [2.24, 2.45) is 0 Å². The first kappa shape index (κ1) is 23.1. The monoisotopic (exact) mass is 449 g/mol. The zero-order valence-corrected chi connectivity index (χ0v) is 19.2. The number of allylic oxidation sites excluding steroid dienone is 1. The zero-order valence-electron chi connectivity index (χ0n) is 19.2. The molecule has 3 aliphatic rings. The molecule has 0 saturated carbocycles. The Bertz CT molecular complexity index is 1050. The number of amides is 3. The molecule has 0 aliphatic carbocycles. The van der Waals surface area contributed by atoms with Gasteiger partial charge in [-0.05, 0) is 57.8 Å². The SMILES string of the molecule is C=CC1=C(/C=C\C)C(=O)N(CC(O)CC2(C)C(=O)N(C3CCNCC3)c3ccccc32)C1=O. The lowest BCUT2D eigenvalue weighted by atomic mass is 9.78. The lowest BCUT2D eigenvalue weighted by Crippen LogP contribution is -2.49. The molecule has 4 rings (SSSR count). The molecule has 7 heteroatoms. The number of rotatable bonds is 7. The van der Waals surface area contributed by atoms with Gasteiger partial charge in [0, 0.05) is 11.7 Å². The van der Waals surface area contributed by atoms with Crippen molar-refractivity contribution in [1.82, 2.24) is 10.2 Å². The molecule has 0 radical (unpaired) electrons. The predicted octanol–water partition coefficient (Wildman–Crippen LogP) is 2.22. The molecule has 3 amide bonds. The lowest BCUT2D eigenvalue weighted by Gasteiger charge is -2.34. The summed E-state index contributed by atoms with van der Waals surface area (Å²) in [5.41, 5.74) is 1.34. The van der Waals surface area contributed by atoms with Crippen molar-refractivity contribution in [3.8, 4) is 0 Å². The van der Waals surface area contributed by atoms with Gasteiger partial charge in [-0.3, -0.25) is 19.3 Å². The quantitative estimate of drug-likeness (QED) is 0.623. The van der Waals surface area contributed by atoms with Crippen molar-refractivity contribution in [3.63, 3.8) is 0 Å². The third-order valence-electron chi connectivity index (χ3n) is 6.94. The first-order chi connectivity index (χ1) is 15.8. The van der Waals surface area contributed by atoms with Crippen LogP contribution in [0, 0.1) is 0 Å². The number of imide groups is 1. The Morgan fingerprint density at radius 3 is 2.52 bits per heavy atom. The van der Waals surface area contributed by atoms with Gasteiger partial charge in [-0.2, -0.15) is 0 Å². The van der Waals surface area contributed by atoms with Gasteiger partial charge in [0.25, 0.3) is 11.8 Å². The molecule has 7 nitrogen and oxygen atoms in total. The number of benzene rings is 1. The molecule has 1 aromatic carbocycles. The van der Waals surface area contributed by atoms with E-state index in [-0.39, 0.29) is 36.1 Å². The van der Waals surface area contributed by atoms with Gasteiger partial charge in [0.2, 0.25) is 5.91 Å². The number of aliphatic hydroxyl groups is 1. The van der Waals surface area contributed by atoms with E-state index in [9.17, 15) is 19.5 Å². The van der Waals surface area contributed by atoms with Crippen LogP contribution in [0.3, 0.4) is 0 Å². The summed E-state index contributed by atoms with van der Waals surface area (Å²) < 4.78 is 0. The van der Waals surface area contributed by atoms with Crippen molar-refractivity contribution >= 4 is 23.4 Å². The average Bonchev–Trinajstić information content (AvgIpc) is 3.17. The maximum absolute atomic E-state index is 13.7. The molecule has 2 unspecified atom stereocenters. The minimum absolute atomic E-state index is 0.0340. The van der Waals surface area contributed by atoms with Gasteiger partial charge < -0.3 is 15.3 Å². The Hall–Kier alpha value is -3.03. The number of hydrogen-bond acceptors (Lipinski definition) is 5. The molecule has 33 heavy (non-hydrogen) atoms. The second-order valence-electron chi connectivity index (χ2n) is 9.12. The Balaban J connectivity index is 1.56. The molecular weight excluding hydrogens is 418 g/mol. The summed E-state index contributed by atoms with van der Waals surface area (Å²) >= 11 is 0. The third-order valence-corrected chi connectivity index (χ3v) is 6.94. The minimum atomic E-state index is -1.05. The fraction of sp³-hybridized carbons (Fsp3) is 0.423. The lowest BCUT2D eigenvalue weighted by molar-refractivity contribution is -0.139. The van der Waals surface area contributed by atoms with Gasteiger partial charge >= 0.3 is 0 Å². The van der Waals surface area contributed by atoms with Gasteiger partial charge in [-0.25, -0.2) is 0 Å². The van der Waals surface area contributed by atoms with Gasteiger partial charge in [0.05, 0.1) is 29.2 Å².